The van der Waals surface area contributed by atoms with Crippen molar-refractivity contribution in [3.8, 4) is 0 Å². The Bertz CT molecular complexity index is 1180. The van der Waals surface area contributed by atoms with Gasteiger partial charge in [-0.15, -0.1) is 0 Å². The summed E-state index contributed by atoms with van der Waals surface area (Å²) < 4.78 is 1.78. The van der Waals surface area contributed by atoms with E-state index in [0.717, 1.165) is 50.4 Å². The van der Waals surface area contributed by atoms with Gasteiger partial charge in [0.1, 0.15) is 5.82 Å². The topological polar surface area (TPSA) is 58.4 Å². The van der Waals surface area contributed by atoms with Gasteiger partial charge in [0, 0.05) is 55.4 Å². The molecule has 3 aromatic rings. The van der Waals surface area contributed by atoms with Crippen molar-refractivity contribution in [1.29, 1.82) is 0 Å². The highest BCUT2D eigenvalue weighted by molar-refractivity contribution is 6.30. The molecule has 0 atom stereocenters. The molecule has 1 fully saturated rings. The third-order valence-electron chi connectivity index (χ3n) is 6.05. The van der Waals surface area contributed by atoms with Crippen LogP contribution < -0.4 is 10.5 Å². The largest absolute Gasteiger partial charge is 0.368 e. The number of benzene rings is 2. The number of halogens is 1. The first kappa shape index (κ1) is 19.1. The van der Waals surface area contributed by atoms with Crippen molar-refractivity contribution in [1.82, 2.24) is 14.5 Å². The molecule has 0 N–H and O–H groups in total. The molecule has 0 saturated carbocycles. The predicted octanol–water partition coefficient (Wildman–Crippen LogP) is 3.35. The van der Waals surface area contributed by atoms with Gasteiger partial charge < -0.3 is 9.80 Å². The number of carbonyl (C=O) groups excluding carboxylic acids is 1. The highest BCUT2D eigenvalue weighted by atomic mass is 35.5. The van der Waals surface area contributed by atoms with Crippen molar-refractivity contribution in [3.05, 3.63) is 69.2 Å². The van der Waals surface area contributed by atoms with E-state index in [1.54, 1.807) is 22.8 Å². The Morgan fingerprint density at radius 1 is 0.967 bits per heavy atom. The van der Waals surface area contributed by atoms with E-state index in [2.05, 4.69) is 4.90 Å². The minimum Gasteiger partial charge on any atom is -0.368 e. The number of hydrogen-bond donors (Lipinski definition) is 0. The highest BCUT2D eigenvalue weighted by Crippen LogP contribution is 2.22. The molecule has 6 nitrogen and oxygen atoms in total. The molecule has 0 unspecified atom stereocenters. The van der Waals surface area contributed by atoms with E-state index in [0.29, 0.717) is 34.6 Å². The lowest BCUT2D eigenvalue weighted by molar-refractivity contribution is 0.0747. The first-order valence-electron chi connectivity index (χ1n) is 10.4. The van der Waals surface area contributed by atoms with Crippen molar-refractivity contribution < 1.29 is 4.79 Å². The highest BCUT2D eigenvalue weighted by Gasteiger charge is 2.23. The number of anilines is 1. The zero-order valence-corrected chi connectivity index (χ0v) is 17.4. The van der Waals surface area contributed by atoms with Gasteiger partial charge in [0.25, 0.3) is 11.5 Å². The standard InChI is InChI=1S/C23H23ClN4O2/c24-17-4-3-5-18(15-17)26-10-12-27(13-11-26)22(29)16-7-8-19-20(14-16)25-21-6-1-2-9-28(21)23(19)30/h3-5,7-8,14-15H,1-2,6,9-13H2. The van der Waals surface area contributed by atoms with Crippen molar-refractivity contribution in [3.63, 3.8) is 0 Å². The number of aryl methyl sites for hydroxylation is 1. The number of aromatic nitrogens is 2. The molecule has 0 aliphatic carbocycles. The van der Waals surface area contributed by atoms with Crippen LogP contribution in [0.25, 0.3) is 10.9 Å². The van der Waals surface area contributed by atoms with Crippen LogP contribution in [-0.4, -0.2) is 46.5 Å². The molecule has 0 radical (unpaired) electrons. The van der Waals surface area contributed by atoms with E-state index in [1.807, 2.05) is 29.2 Å². The molecule has 3 heterocycles. The van der Waals surface area contributed by atoms with Crippen LogP contribution in [0, 0.1) is 0 Å². The molecular formula is C23H23ClN4O2. The third-order valence-corrected chi connectivity index (χ3v) is 6.29. The van der Waals surface area contributed by atoms with Gasteiger partial charge in [-0.3, -0.25) is 14.2 Å². The maximum atomic E-state index is 13.1. The molecule has 154 valence electrons. The number of piperazine rings is 1. The summed E-state index contributed by atoms with van der Waals surface area (Å²) in [7, 11) is 0. The molecule has 2 aliphatic rings. The van der Waals surface area contributed by atoms with Crippen LogP contribution in [0.2, 0.25) is 5.02 Å². The van der Waals surface area contributed by atoms with Crippen molar-refractivity contribution in [2.45, 2.75) is 25.8 Å². The fourth-order valence-electron chi connectivity index (χ4n) is 4.40. The van der Waals surface area contributed by atoms with Crippen LogP contribution in [0.1, 0.15) is 29.0 Å². The lowest BCUT2D eigenvalue weighted by Gasteiger charge is -2.36. The summed E-state index contributed by atoms with van der Waals surface area (Å²) in [4.78, 5) is 34.7. The summed E-state index contributed by atoms with van der Waals surface area (Å²) >= 11 is 6.11. The molecule has 5 rings (SSSR count). The van der Waals surface area contributed by atoms with E-state index < -0.39 is 0 Å². The molecular weight excluding hydrogens is 400 g/mol. The lowest BCUT2D eigenvalue weighted by atomic mass is 10.1. The molecule has 2 aliphatic heterocycles. The lowest BCUT2D eigenvalue weighted by Crippen LogP contribution is -2.48. The summed E-state index contributed by atoms with van der Waals surface area (Å²) in [6.45, 7) is 3.53. The molecule has 7 heteroatoms. The number of rotatable bonds is 2. The molecule has 1 saturated heterocycles. The zero-order valence-electron chi connectivity index (χ0n) is 16.7. The fourth-order valence-corrected chi connectivity index (χ4v) is 4.58. The summed E-state index contributed by atoms with van der Waals surface area (Å²) in [5.41, 5.74) is 2.29. The van der Waals surface area contributed by atoms with Gasteiger partial charge in [0.05, 0.1) is 10.9 Å². The average molecular weight is 423 g/mol. The van der Waals surface area contributed by atoms with Gasteiger partial charge >= 0.3 is 0 Å². The van der Waals surface area contributed by atoms with Gasteiger partial charge in [-0.25, -0.2) is 4.98 Å². The van der Waals surface area contributed by atoms with E-state index in [9.17, 15) is 9.59 Å². The van der Waals surface area contributed by atoms with Gasteiger partial charge in [0.2, 0.25) is 0 Å². The van der Waals surface area contributed by atoms with Gasteiger partial charge in [0.15, 0.2) is 0 Å². The molecule has 1 aromatic heterocycles. The smallest absolute Gasteiger partial charge is 0.261 e. The number of fused-ring (bicyclic) bond motifs is 2. The minimum atomic E-state index is -0.0118. The van der Waals surface area contributed by atoms with Gasteiger partial charge in [-0.2, -0.15) is 0 Å². The summed E-state index contributed by atoms with van der Waals surface area (Å²) in [6.07, 6.45) is 2.88. The second-order valence-electron chi connectivity index (χ2n) is 7.93. The number of amides is 1. The molecule has 2 aromatic carbocycles. The van der Waals surface area contributed by atoms with Crippen LogP contribution in [0.4, 0.5) is 5.69 Å². The first-order valence-corrected chi connectivity index (χ1v) is 10.8. The average Bonchev–Trinajstić information content (AvgIpc) is 2.78. The van der Waals surface area contributed by atoms with Crippen LogP contribution in [0.5, 0.6) is 0 Å². The Hall–Kier alpha value is -2.86. The Kier molecular flexibility index (Phi) is 4.95. The van der Waals surface area contributed by atoms with Crippen LogP contribution >= 0.6 is 11.6 Å². The molecule has 1 amide bonds. The molecule has 0 bridgehead atoms. The number of hydrogen-bond acceptors (Lipinski definition) is 4. The second kappa shape index (κ2) is 7.76. The summed E-state index contributed by atoms with van der Waals surface area (Å²) in [6, 6.07) is 13.1. The van der Waals surface area contributed by atoms with Crippen molar-refractivity contribution in [2.75, 3.05) is 31.1 Å². The SMILES string of the molecule is O=C(c1ccc2c(=O)n3c(nc2c1)CCCC3)N1CCN(c2cccc(Cl)c2)CC1. The monoisotopic (exact) mass is 422 g/mol. The third kappa shape index (κ3) is 3.45. The Morgan fingerprint density at radius 3 is 2.60 bits per heavy atom. The minimum absolute atomic E-state index is 0.00355. The maximum absolute atomic E-state index is 13.1. The molecule has 30 heavy (non-hydrogen) atoms. The maximum Gasteiger partial charge on any atom is 0.261 e. The second-order valence-corrected chi connectivity index (χ2v) is 8.37. The number of carbonyl (C=O) groups is 1. The van der Waals surface area contributed by atoms with Crippen LogP contribution in [0.15, 0.2) is 47.3 Å². The van der Waals surface area contributed by atoms with Gasteiger partial charge in [-0.05, 0) is 49.2 Å². The summed E-state index contributed by atoms with van der Waals surface area (Å²) in [5, 5.41) is 1.30. The van der Waals surface area contributed by atoms with Crippen LogP contribution in [-0.2, 0) is 13.0 Å². The predicted molar refractivity (Wildman–Crippen MR) is 119 cm³/mol. The molecule has 0 spiro atoms. The van der Waals surface area contributed by atoms with Gasteiger partial charge in [-0.1, -0.05) is 17.7 Å². The Morgan fingerprint density at radius 2 is 1.80 bits per heavy atom. The zero-order chi connectivity index (χ0) is 20.7. The van der Waals surface area contributed by atoms with Crippen LogP contribution in [0.3, 0.4) is 0 Å². The number of nitrogens with zero attached hydrogens (tertiary/aromatic N) is 4. The van der Waals surface area contributed by atoms with Crippen molar-refractivity contribution >= 4 is 34.1 Å². The van der Waals surface area contributed by atoms with E-state index >= 15 is 0 Å². The van der Waals surface area contributed by atoms with E-state index in [4.69, 9.17) is 16.6 Å². The van der Waals surface area contributed by atoms with Crippen molar-refractivity contribution in [2.24, 2.45) is 0 Å². The quantitative estimate of drug-likeness (QED) is 0.635. The van der Waals surface area contributed by atoms with E-state index in [1.165, 1.54) is 0 Å². The first-order chi connectivity index (χ1) is 14.6. The summed E-state index contributed by atoms with van der Waals surface area (Å²) in [5.74, 6) is 0.820. The Balaban J connectivity index is 1.36. The Labute approximate surface area is 179 Å². The normalized spacial score (nSPS) is 16.6. The van der Waals surface area contributed by atoms with E-state index in [-0.39, 0.29) is 11.5 Å². The fraction of sp³-hybridized carbons (Fsp3) is 0.348.